The van der Waals surface area contributed by atoms with Gasteiger partial charge in [0.1, 0.15) is 6.17 Å². The molecule has 3 aromatic rings. The zero-order chi connectivity index (χ0) is 27.1. The quantitative estimate of drug-likeness (QED) is 0.343. The molecular weight excluding hydrogens is 546 g/mol. The lowest BCUT2D eigenvalue weighted by Crippen LogP contribution is -2.66. The van der Waals surface area contributed by atoms with Crippen LogP contribution in [0.25, 0.3) is 0 Å². The van der Waals surface area contributed by atoms with Crippen LogP contribution >= 0.6 is 23.4 Å². The number of ether oxygens (including phenoxy) is 4. The van der Waals surface area contributed by atoms with Gasteiger partial charge in [0.25, 0.3) is 5.91 Å². The second-order valence-electron chi connectivity index (χ2n) is 9.03. The van der Waals surface area contributed by atoms with Gasteiger partial charge in [-0.1, -0.05) is 41.9 Å². The van der Waals surface area contributed by atoms with Crippen LogP contribution in [-0.2, 0) is 20.0 Å². The predicted octanol–water partition coefficient (Wildman–Crippen LogP) is 3.77. The maximum Gasteiger partial charge on any atom is 0.510 e. The molecule has 4 heterocycles. The SMILES string of the molecule is COC(=O)OCOc1c2n(ccc1=O)N([C@@H]1c3ccccc3SCc3c(Cl)cccc31)[C@@H]1COCCN1C2=O. The molecule has 1 saturated heterocycles. The molecule has 0 bridgehead atoms. The molecule has 3 aliphatic heterocycles. The molecule has 0 saturated carbocycles. The van der Waals surface area contributed by atoms with Gasteiger partial charge >= 0.3 is 6.16 Å². The third kappa shape index (κ3) is 4.40. The number of fused-ring (bicyclic) bond motifs is 4. The molecule has 2 aromatic carbocycles. The summed E-state index contributed by atoms with van der Waals surface area (Å²) in [4.78, 5) is 41.1. The number of benzene rings is 2. The summed E-state index contributed by atoms with van der Waals surface area (Å²) in [6.45, 7) is 0.349. The Hall–Kier alpha value is -3.67. The Kier molecular flexibility index (Phi) is 6.88. The standard InChI is InChI=1S/C27H24ClN3O7S/c1-35-27(34)38-15-37-25-20(32)9-10-30-24(25)26(33)29-11-12-36-13-22(29)31(30)23-16-6-4-7-19(28)18(16)14-39-21-8-3-2-5-17(21)23/h2-10,22-23H,11-15H2,1H3/t22-,23+/m1/s1. The highest BCUT2D eigenvalue weighted by Crippen LogP contribution is 2.45. The number of morpholine rings is 1. The van der Waals surface area contributed by atoms with Crippen molar-refractivity contribution in [3.63, 3.8) is 0 Å². The number of nitrogens with zero attached hydrogens (tertiary/aromatic N) is 3. The van der Waals surface area contributed by atoms with Gasteiger partial charge in [0.2, 0.25) is 18.0 Å². The van der Waals surface area contributed by atoms with Crippen LogP contribution in [0, 0.1) is 0 Å². The minimum atomic E-state index is -0.970. The Morgan fingerprint density at radius 1 is 1.13 bits per heavy atom. The third-order valence-corrected chi connectivity index (χ3v) is 8.47. The van der Waals surface area contributed by atoms with Crippen LogP contribution in [0.4, 0.5) is 4.79 Å². The first-order valence-electron chi connectivity index (χ1n) is 12.2. The van der Waals surface area contributed by atoms with E-state index in [0.717, 1.165) is 28.7 Å². The summed E-state index contributed by atoms with van der Waals surface area (Å²) in [5, 5.41) is 2.70. The number of rotatable bonds is 4. The molecule has 1 aromatic heterocycles. The molecule has 3 aliphatic rings. The molecule has 0 N–H and O–H groups in total. The molecule has 6 rings (SSSR count). The summed E-state index contributed by atoms with van der Waals surface area (Å²) >= 11 is 8.42. The van der Waals surface area contributed by atoms with Gasteiger partial charge in [0.15, 0.2) is 5.69 Å². The van der Waals surface area contributed by atoms with Crippen LogP contribution in [-0.4, -0.2) is 61.5 Å². The summed E-state index contributed by atoms with van der Waals surface area (Å²) in [6.07, 6.45) is 0.121. The van der Waals surface area contributed by atoms with Crippen LogP contribution in [0.15, 0.2) is 64.4 Å². The number of hydrogen-bond donors (Lipinski definition) is 0. The molecular formula is C27H24ClN3O7S. The maximum absolute atomic E-state index is 13.9. The van der Waals surface area contributed by atoms with E-state index < -0.39 is 24.5 Å². The lowest BCUT2D eigenvalue weighted by atomic mass is 9.93. The van der Waals surface area contributed by atoms with Crippen LogP contribution in [0.2, 0.25) is 5.02 Å². The average Bonchev–Trinajstić information content (AvgIpc) is 3.12. The number of halogens is 1. The molecule has 39 heavy (non-hydrogen) atoms. The summed E-state index contributed by atoms with van der Waals surface area (Å²) in [6, 6.07) is 14.9. The second-order valence-corrected chi connectivity index (χ2v) is 10.5. The van der Waals surface area contributed by atoms with E-state index in [1.54, 1.807) is 27.5 Å². The van der Waals surface area contributed by atoms with Gasteiger partial charge in [0, 0.05) is 34.5 Å². The first-order valence-corrected chi connectivity index (χ1v) is 13.6. The van der Waals surface area contributed by atoms with E-state index in [1.165, 1.54) is 6.07 Å². The van der Waals surface area contributed by atoms with Crippen molar-refractivity contribution in [3.05, 3.63) is 92.4 Å². The Balaban J connectivity index is 1.57. The first kappa shape index (κ1) is 25.6. The number of carbonyl (C=O) groups excluding carboxylic acids is 2. The number of amides is 1. The van der Waals surface area contributed by atoms with Crippen molar-refractivity contribution in [3.8, 4) is 5.75 Å². The van der Waals surface area contributed by atoms with Crippen molar-refractivity contribution in [1.82, 2.24) is 9.58 Å². The van der Waals surface area contributed by atoms with Crippen molar-refractivity contribution in [2.45, 2.75) is 22.9 Å². The summed E-state index contributed by atoms with van der Waals surface area (Å²) < 4.78 is 22.4. The Labute approximate surface area is 232 Å². The van der Waals surface area contributed by atoms with Crippen LogP contribution in [0.3, 0.4) is 0 Å². The zero-order valence-corrected chi connectivity index (χ0v) is 22.4. The summed E-state index contributed by atoms with van der Waals surface area (Å²) in [5.41, 5.74) is 2.53. The van der Waals surface area contributed by atoms with E-state index in [9.17, 15) is 14.4 Å². The van der Waals surface area contributed by atoms with Gasteiger partial charge in [0.05, 0.1) is 26.4 Å². The minimum Gasteiger partial charge on any atom is -0.451 e. The largest absolute Gasteiger partial charge is 0.510 e. The number of carbonyl (C=O) groups is 2. The average molecular weight is 570 g/mol. The van der Waals surface area contributed by atoms with Crippen molar-refractivity contribution in [2.75, 3.05) is 38.7 Å². The van der Waals surface area contributed by atoms with E-state index in [0.29, 0.717) is 23.9 Å². The van der Waals surface area contributed by atoms with Crippen LogP contribution < -0.4 is 15.2 Å². The highest BCUT2D eigenvalue weighted by molar-refractivity contribution is 7.98. The van der Waals surface area contributed by atoms with Gasteiger partial charge < -0.3 is 23.8 Å². The van der Waals surface area contributed by atoms with Crippen LogP contribution in [0.1, 0.15) is 33.2 Å². The van der Waals surface area contributed by atoms with E-state index in [2.05, 4.69) is 16.9 Å². The predicted molar refractivity (Wildman–Crippen MR) is 143 cm³/mol. The van der Waals surface area contributed by atoms with Gasteiger partial charge in [-0.25, -0.2) is 4.79 Å². The molecule has 10 nitrogen and oxygen atoms in total. The fraction of sp³-hybridized carbons (Fsp3) is 0.296. The van der Waals surface area contributed by atoms with E-state index in [-0.39, 0.29) is 30.0 Å². The molecule has 2 atom stereocenters. The Morgan fingerprint density at radius 2 is 1.95 bits per heavy atom. The smallest absolute Gasteiger partial charge is 0.451 e. The van der Waals surface area contributed by atoms with E-state index in [4.69, 9.17) is 25.8 Å². The number of thioether (sulfide) groups is 1. The molecule has 12 heteroatoms. The lowest BCUT2D eigenvalue weighted by Gasteiger charge is -2.51. The normalized spacial score (nSPS) is 19.7. The number of pyridine rings is 1. The highest BCUT2D eigenvalue weighted by Gasteiger charge is 2.46. The fourth-order valence-corrected chi connectivity index (χ4v) is 6.75. The number of hydrogen-bond acceptors (Lipinski definition) is 9. The molecule has 1 amide bonds. The Bertz CT molecular complexity index is 1510. The van der Waals surface area contributed by atoms with Crippen molar-refractivity contribution >= 4 is 35.4 Å². The maximum atomic E-state index is 13.9. The van der Waals surface area contributed by atoms with Gasteiger partial charge in [-0.05, 0) is 28.8 Å². The van der Waals surface area contributed by atoms with Gasteiger partial charge in [-0.2, -0.15) is 0 Å². The monoisotopic (exact) mass is 569 g/mol. The van der Waals surface area contributed by atoms with Gasteiger partial charge in [-0.15, -0.1) is 11.8 Å². The second kappa shape index (κ2) is 10.5. The van der Waals surface area contributed by atoms with E-state index in [1.807, 2.05) is 35.3 Å². The molecule has 0 unspecified atom stereocenters. The molecule has 0 aliphatic carbocycles. The van der Waals surface area contributed by atoms with Crippen molar-refractivity contribution < 1.29 is 28.5 Å². The zero-order valence-electron chi connectivity index (χ0n) is 20.9. The molecule has 202 valence electrons. The molecule has 0 radical (unpaired) electrons. The minimum absolute atomic E-state index is 0.0343. The van der Waals surface area contributed by atoms with Crippen molar-refractivity contribution in [1.29, 1.82) is 0 Å². The Morgan fingerprint density at radius 3 is 2.79 bits per heavy atom. The molecule has 1 fully saturated rings. The van der Waals surface area contributed by atoms with Crippen molar-refractivity contribution in [2.24, 2.45) is 0 Å². The fourth-order valence-electron chi connectivity index (χ4n) is 5.28. The summed E-state index contributed by atoms with van der Waals surface area (Å²) in [5.74, 6) is 0.0769. The first-order chi connectivity index (χ1) is 19.0. The summed E-state index contributed by atoms with van der Waals surface area (Å²) in [7, 11) is 1.16. The number of aromatic nitrogens is 1. The van der Waals surface area contributed by atoms with E-state index >= 15 is 0 Å². The van der Waals surface area contributed by atoms with Gasteiger partial charge in [-0.3, -0.25) is 19.3 Å². The van der Waals surface area contributed by atoms with Crippen LogP contribution in [0.5, 0.6) is 5.75 Å². The third-order valence-electron chi connectivity index (χ3n) is 7.00. The highest BCUT2D eigenvalue weighted by atomic mass is 35.5. The molecule has 0 spiro atoms. The topological polar surface area (TPSA) is 99.5 Å². The number of methoxy groups -OCH3 is 1. The lowest BCUT2D eigenvalue weighted by molar-refractivity contribution is -0.0209.